The van der Waals surface area contributed by atoms with Gasteiger partial charge in [0.15, 0.2) is 11.5 Å². The second-order valence-corrected chi connectivity index (χ2v) is 8.48. The van der Waals surface area contributed by atoms with E-state index in [0.29, 0.717) is 0 Å². The van der Waals surface area contributed by atoms with Gasteiger partial charge in [-0.25, -0.2) is 8.42 Å². The fraction of sp³-hybridized carbons (Fsp3) is 0.111. The van der Waals surface area contributed by atoms with Crippen molar-refractivity contribution >= 4 is 32.2 Å². The van der Waals surface area contributed by atoms with Crippen molar-refractivity contribution in [3.63, 3.8) is 0 Å². The Morgan fingerprint density at radius 3 is 2.30 bits per heavy atom. The minimum Gasteiger partial charge on any atom is -0.493 e. The Morgan fingerprint density at radius 1 is 1.07 bits per heavy atom. The molecule has 1 aromatic heterocycles. The third-order valence-corrected chi connectivity index (χ3v) is 6.34. The summed E-state index contributed by atoms with van der Waals surface area (Å²) in [6, 6.07) is 11.1. The number of ether oxygens (including phenoxy) is 2. The summed E-state index contributed by atoms with van der Waals surface area (Å²) >= 11 is 0.773. The Kier molecular flexibility index (Phi) is 5.99. The van der Waals surface area contributed by atoms with Crippen LogP contribution < -0.4 is 19.8 Å². The van der Waals surface area contributed by atoms with Crippen LogP contribution in [-0.4, -0.2) is 32.5 Å². The van der Waals surface area contributed by atoms with Crippen molar-refractivity contribution in [1.82, 2.24) is 4.98 Å². The number of anilines is 1. The van der Waals surface area contributed by atoms with E-state index in [1.165, 1.54) is 38.5 Å². The number of nitrogens with zero attached hydrogens (tertiary/aromatic N) is 2. The van der Waals surface area contributed by atoms with Crippen molar-refractivity contribution in [2.24, 2.45) is 0 Å². The minimum atomic E-state index is -4.00. The van der Waals surface area contributed by atoms with Gasteiger partial charge >= 0.3 is 0 Å². The first kappa shape index (κ1) is 21.2. The van der Waals surface area contributed by atoms with E-state index >= 15 is 0 Å². The molecule has 1 heterocycles. The molecule has 0 aliphatic rings. The Bertz CT molecular complexity index is 1260. The number of nitrogens with one attached hydrogen (secondary N) is 1. The molecular weight excluding hydrogens is 434 g/mol. The molecule has 0 spiro atoms. The van der Waals surface area contributed by atoms with Crippen LogP contribution in [0.4, 0.5) is 10.8 Å². The van der Waals surface area contributed by atoms with Crippen molar-refractivity contribution in [3.8, 4) is 21.9 Å². The average molecular weight is 449 g/mol. The molecule has 0 saturated heterocycles. The predicted molar refractivity (Wildman–Crippen MR) is 111 cm³/mol. The lowest BCUT2D eigenvalue weighted by atomic mass is 10.1. The number of nitro groups is 1. The zero-order valence-electron chi connectivity index (χ0n) is 15.7. The molecule has 30 heavy (non-hydrogen) atoms. The smallest absolute Gasteiger partial charge is 0.282 e. The predicted octanol–water partition coefficient (Wildman–Crippen LogP) is 2.90. The van der Waals surface area contributed by atoms with Gasteiger partial charge in [-0.05, 0) is 18.2 Å². The van der Waals surface area contributed by atoms with Crippen LogP contribution in [0.1, 0.15) is 0 Å². The van der Waals surface area contributed by atoms with Crippen molar-refractivity contribution in [2.75, 3.05) is 18.9 Å². The van der Waals surface area contributed by atoms with Crippen molar-refractivity contribution < 1.29 is 22.8 Å². The first-order chi connectivity index (χ1) is 14.2. The Labute approximate surface area is 174 Å². The number of aromatic nitrogens is 1. The van der Waals surface area contributed by atoms with Crippen molar-refractivity contribution in [1.29, 1.82) is 0 Å². The van der Waals surface area contributed by atoms with E-state index in [9.17, 15) is 23.3 Å². The molecule has 1 N–H and O–H groups in total. The molecule has 3 aromatic rings. The van der Waals surface area contributed by atoms with Crippen LogP contribution in [0.15, 0.2) is 58.2 Å². The minimum absolute atomic E-state index is 0.0195. The summed E-state index contributed by atoms with van der Waals surface area (Å²) in [6.45, 7) is 0. The van der Waals surface area contributed by atoms with Crippen LogP contribution in [0.3, 0.4) is 0 Å². The quantitative estimate of drug-likeness (QED) is 0.429. The molecule has 0 atom stereocenters. The summed E-state index contributed by atoms with van der Waals surface area (Å²) in [6.07, 6.45) is 0. The van der Waals surface area contributed by atoms with Crippen LogP contribution in [0.5, 0.6) is 11.5 Å². The molecule has 0 bridgehead atoms. The number of methoxy groups -OCH3 is 2. The van der Waals surface area contributed by atoms with Crippen LogP contribution in [0, 0.1) is 10.1 Å². The van der Waals surface area contributed by atoms with Gasteiger partial charge in [0.25, 0.3) is 21.3 Å². The van der Waals surface area contributed by atoms with E-state index in [4.69, 9.17) is 9.47 Å². The topological polar surface area (TPSA) is 138 Å². The van der Waals surface area contributed by atoms with Crippen LogP contribution in [0.25, 0.3) is 10.4 Å². The highest BCUT2D eigenvalue weighted by Crippen LogP contribution is 2.41. The first-order valence-corrected chi connectivity index (χ1v) is 10.6. The molecule has 10 nitrogen and oxygen atoms in total. The molecule has 0 aliphatic carbocycles. The van der Waals surface area contributed by atoms with Gasteiger partial charge in [0.2, 0.25) is 5.13 Å². The highest BCUT2D eigenvalue weighted by atomic mass is 32.2. The molecule has 0 radical (unpaired) electrons. The van der Waals surface area contributed by atoms with Crippen LogP contribution in [0.2, 0.25) is 0 Å². The lowest BCUT2D eigenvalue weighted by molar-refractivity contribution is -0.384. The molecule has 12 heteroatoms. The fourth-order valence-electron chi connectivity index (χ4n) is 2.57. The average Bonchev–Trinajstić information content (AvgIpc) is 2.72. The van der Waals surface area contributed by atoms with Crippen LogP contribution >= 0.6 is 11.3 Å². The number of rotatable bonds is 7. The maximum absolute atomic E-state index is 12.5. The molecule has 0 amide bonds. The summed E-state index contributed by atoms with van der Waals surface area (Å²) in [5.41, 5.74) is -1.05. The van der Waals surface area contributed by atoms with Gasteiger partial charge in [-0.2, -0.15) is 4.98 Å². The standard InChI is InChI=1S/C18H15N3O7S2/c1-27-14-8-12(13(21(23)24)9-15(14)28-2)16-10-17(22)19-18(29-16)20-30(25,26)11-6-4-3-5-7-11/h3-10H,1-2H3,(H,19,20,22). The zero-order valence-corrected chi connectivity index (χ0v) is 17.3. The highest BCUT2D eigenvalue weighted by Gasteiger charge is 2.23. The lowest BCUT2D eigenvalue weighted by Crippen LogP contribution is -2.16. The summed E-state index contributed by atoms with van der Waals surface area (Å²) in [7, 11) is -1.30. The van der Waals surface area contributed by atoms with Crippen molar-refractivity contribution in [3.05, 3.63) is 69.0 Å². The van der Waals surface area contributed by atoms with Gasteiger partial charge in [-0.3, -0.25) is 19.6 Å². The second kappa shape index (κ2) is 8.47. The van der Waals surface area contributed by atoms with Gasteiger partial charge < -0.3 is 9.47 Å². The van der Waals surface area contributed by atoms with Gasteiger partial charge in [-0.15, -0.1) is 0 Å². The van der Waals surface area contributed by atoms with E-state index in [1.807, 2.05) is 0 Å². The second-order valence-electron chi connectivity index (χ2n) is 5.77. The maximum Gasteiger partial charge on any atom is 0.282 e. The van der Waals surface area contributed by atoms with Crippen molar-refractivity contribution in [2.45, 2.75) is 4.90 Å². The zero-order chi connectivity index (χ0) is 21.9. The monoisotopic (exact) mass is 449 g/mol. The van der Waals surface area contributed by atoms with Crippen LogP contribution in [-0.2, 0) is 10.0 Å². The Morgan fingerprint density at radius 2 is 1.70 bits per heavy atom. The molecule has 0 fully saturated rings. The summed E-state index contributed by atoms with van der Waals surface area (Å²) in [5.74, 6) is 0.348. The first-order valence-electron chi connectivity index (χ1n) is 8.26. The van der Waals surface area contributed by atoms with Gasteiger partial charge in [-0.1, -0.05) is 29.5 Å². The maximum atomic E-state index is 12.5. The highest BCUT2D eigenvalue weighted by molar-refractivity contribution is 7.93. The fourth-order valence-corrected chi connectivity index (χ4v) is 4.75. The number of benzene rings is 2. The molecule has 2 aromatic carbocycles. The van der Waals surface area contributed by atoms with Gasteiger partial charge in [0.05, 0.1) is 40.5 Å². The molecule has 3 rings (SSSR count). The largest absolute Gasteiger partial charge is 0.493 e. The number of nitro benzene ring substituents is 1. The summed E-state index contributed by atoms with van der Waals surface area (Å²) in [5, 5.41) is 11.3. The molecule has 0 unspecified atom stereocenters. The summed E-state index contributed by atoms with van der Waals surface area (Å²) < 4.78 is 37.6. The molecular formula is C18H15N3O7S2. The Balaban J connectivity index is 2.12. The van der Waals surface area contributed by atoms with Gasteiger partial charge in [0, 0.05) is 6.07 Å². The van der Waals surface area contributed by atoms with Gasteiger partial charge in [0.1, 0.15) is 0 Å². The van der Waals surface area contributed by atoms with E-state index in [1.54, 1.807) is 18.2 Å². The van der Waals surface area contributed by atoms with E-state index < -0.39 is 20.5 Å². The molecule has 0 saturated carbocycles. The normalized spacial score (nSPS) is 11.0. The SMILES string of the molecule is COc1cc(-c2cc(=O)nc(NS(=O)(=O)c3ccccc3)s2)c([N+](=O)[O-])cc1OC. The van der Waals surface area contributed by atoms with E-state index in [-0.39, 0.29) is 37.7 Å². The third kappa shape index (κ3) is 4.39. The molecule has 0 aliphatic heterocycles. The Hall–Kier alpha value is -3.51. The number of hydrogen-bond acceptors (Lipinski definition) is 9. The molecule has 156 valence electrons. The summed E-state index contributed by atoms with van der Waals surface area (Å²) in [4.78, 5) is 26.8. The number of hydrogen-bond donors (Lipinski definition) is 1. The number of sulfonamides is 1. The van der Waals surface area contributed by atoms with E-state index in [0.717, 1.165) is 17.4 Å². The van der Waals surface area contributed by atoms with E-state index in [2.05, 4.69) is 9.71 Å². The third-order valence-electron chi connectivity index (χ3n) is 3.91. The lowest BCUT2D eigenvalue weighted by Gasteiger charge is -2.11.